The summed E-state index contributed by atoms with van der Waals surface area (Å²) in [6.07, 6.45) is 2.42. The van der Waals surface area contributed by atoms with Gasteiger partial charge in [-0.05, 0) is 18.1 Å². The fraction of sp³-hybridized carbons (Fsp3) is 0.357. The van der Waals surface area contributed by atoms with Crippen LogP contribution < -0.4 is 10.6 Å². The molecule has 0 unspecified atom stereocenters. The van der Waals surface area contributed by atoms with Crippen LogP contribution >= 0.6 is 11.3 Å². The van der Waals surface area contributed by atoms with Crippen molar-refractivity contribution in [3.63, 3.8) is 0 Å². The van der Waals surface area contributed by atoms with E-state index in [1.54, 1.807) is 11.4 Å². The molecule has 0 saturated carbocycles. The maximum absolute atomic E-state index is 11.8. The normalized spacial score (nSPS) is 10.8. The summed E-state index contributed by atoms with van der Waals surface area (Å²) < 4.78 is 0. The second-order valence-electron chi connectivity index (χ2n) is 4.79. The highest BCUT2D eigenvalue weighted by molar-refractivity contribution is 7.11. The molecule has 0 bridgehead atoms. The van der Waals surface area contributed by atoms with Crippen molar-refractivity contribution in [1.82, 2.24) is 10.6 Å². The third kappa shape index (κ3) is 6.71. The minimum Gasteiger partial charge on any atom is -0.478 e. The average molecular weight is 310 g/mol. The van der Waals surface area contributed by atoms with Gasteiger partial charge in [0.25, 0.3) is 5.91 Å². The summed E-state index contributed by atoms with van der Waals surface area (Å²) in [5.41, 5.74) is 0.404. The van der Waals surface area contributed by atoms with Gasteiger partial charge in [0.15, 0.2) is 0 Å². The standard InChI is InChI=1S/C14H18N2O4S/c1-9(2)6-15-12(17)7-16-14(20)10-5-11(21-8-10)3-4-13(18)19/h3-5,8-9H,6-7H2,1-2H3,(H,15,17)(H,16,20)(H,18,19)/b4-3+. The highest BCUT2D eigenvalue weighted by Crippen LogP contribution is 2.16. The van der Waals surface area contributed by atoms with Crippen molar-refractivity contribution in [2.24, 2.45) is 5.92 Å². The minimum atomic E-state index is -1.05. The molecule has 0 aliphatic carbocycles. The first-order chi connectivity index (χ1) is 9.88. The largest absolute Gasteiger partial charge is 0.478 e. The highest BCUT2D eigenvalue weighted by atomic mass is 32.1. The molecule has 0 spiro atoms. The number of carboxylic acids is 1. The molecule has 0 aliphatic heterocycles. The lowest BCUT2D eigenvalue weighted by atomic mass is 10.2. The third-order valence-electron chi connectivity index (χ3n) is 2.39. The summed E-state index contributed by atoms with van der Waals surface area (Å²) in [6.45, 7) is 4.45. The van der Waals surface area contributed by atoms with Crippen LogP contribution in [0.25, 0.3) is 6.08 Å². The predicted molar refractivity (Wildman–Crippen MR) is 81.2 cm³/mol. The van der Waals surface area contributed by atoms with Crippen molar-refractivity contribution in [3.8, 4) is 0 Å². The number of hydrogen-bond donors (Lipinski definition) is 3. The molecular formula is C14H18N2O4S. The number of carboxylic acid groups (broad SMARTS) is 1. The van der Waals surface area contributed by atoms with E-state index in [4.69, 9.17) is 5.11 Å². The van der Waals surface area contributed by atoms with Gasteiger partial charge in [0.1, 0.15) is 0 Å². The molecule has 0 fully saturated rings. The summed E-state index contributed by atoms with van der Waals surface area (Å²) in [6, 6.07) is 1.57. The number of thiophene rings is 1. The molecule has 0 aromatic carbocycles. The van der Waals surface area contributed by atoms with E-state index in [0.717, 1.165) is 6.08 Å². The molecule has 1 heterocycles. The van der Waals surface area contributed by atoms with Crippen LogP contribution in [0.15, 0.2) is 17.5 Å². The molecule has 3 N–H and O–H groups in total. The van der Waals surface area contributed by atoms with Crippen molar-refractivity contribution >= 4 is 35.2 Å². The first kappa shape index (κ1) is 16.9. The smallest absolute Gasteiger partial charge is 0.328 e. The topological polar surface area (TPSA) is 95.5 Å². The summed E-state index contributed by atoms with van der Waals surface area (Å²) >= 11 is 1.26. The number of amides is 2. The van der Waals surface area contributed by atoms with Crippen molar-refractivity contribution < 1.29 is 19.5 Å². The number of carbonyl (C=O) groups excluding carboxylic acids is 2. The predicted octanol–water partition coefficient (Wildman–Crippen LogP) is 1.35. The van der Waals surface area contributed by atoms with Gasteiger partial charge in [-0.1, -0.05) is 13.8 Å². The van der Waals surface area contributed by atoms with E-state index in [1.807, 2.05) is 13.8 Å². The number of nitrogens with one attached hydrogen (secondary N) is 2. The van der Waals surface area contributed by atoms with Crippen molar-refractivity contribution in [1.29, 1.82) is 0 Å². The minimum absolute atomic E-state index is 0.0816. The van der Waals surface area contributed by atoms with Crippen LogP contribution in [-0.2, 0) is 9.59 Å². The molecule has 6 nitrogen and oxygen atoms in total. The Morgan fingerprint density at radius 1 is 1.33 bits per heavy atom. The van der Waals surface area contributed by atoms with Crippen LogP contribution in [0.4, 0.5) is 0 Å². The molecule has 1 rings (SSSR count). The van der Waals surface area contributed by atoms with Gasteiger partial charge in [0, 0.05) is 22.9 Å². The molecule has 2 amide bonds. The zero-order chi connectivity index (χ0) is 15.8. The average Bonchev–Trinajstić information content (AvgIpc) is 2.89. The number of hydrogen-bond acceptors (Lipinski definition) is 4. The SMILES string of the molecule is CC(C)CNC(=O)CNC(=O)c1csc(/C=C/C(=O)O)c1. The van der Waals surface area contributed by atoms with E-state index in [2.05, 4.69) is 10.6 Å². The van der Waals surface area contributed by atoms with Gasteiger partial charge in [0.05, 0.1) is 12.1 Å². The third-order valence-corrected chi connectivity index (χ3v) is 3.29. The summed E-state index contributed by atoms with van der Waals surface area (Å²) in [5.74, 6) is -1.29. The number of rotatable bonds is 7. The Hall–Kier alpha value is -2.15. The zero-order valence-electron chi connectivity index (χ0n) is 11.9. The van der Waals surface area contributed by atoms with Crippen LogP contribution in [0.2, 0.25) is 0 Å². The van der Waals surface area contributed by atoms with Crippen LogP contribution in [0.5, 0.6) is 0 Å². The Balaban J connectivity index is 2.45. The van der Waals surface area contributed by atoms with E-state index in [0.29, 0.717) is 22.9 Å². The van der Waals surface area contributed by atoms with Crippen molar-refractivity contribution in [3.05, 3.63) is 28.0 Å². The highest BCUT2D eigenvalue weighted by Gasteiger charge is 2.10. The Bertz CT molecular complexity index is 549. The maximum Gasteiger partial charge on any atom is 0.328 e. The fourth-order valence-electron chi connectivity index (χ4n) is 1.36. The van der Waals surface area contributed by atoms with Crippen molar-refractivity contribution in [2.75, 3.05) is 13.1 Å². The fourth-order valence-corrected chi connectivity index (χ4v) is 2.14. The van der Waals surface area contributed by atoms with Gasteiger partial charge in [-0.3, -0.25) is 9.59 Å². The van der Waals surface area contributed by atoms with Gasteiger partial charge in [-0.15, -0.1) is 11.3 Å². The van der Waals surface area contributed by atoms with E-state index in [1.165, 1.54) is 17.4 Å². The molecule has 1 aromatic heterocycles. The van der Waals surface area contributed by atoms with Gasteiger partial charge in [-0.25, -0.2) is 4.79 Å². The monoisotopic (exact) mass is 310 g/mol. The molecule has 7 heteroatoms. The van der Waals surface area contributed by atoms with Crippen molar-refractivity contribution in [2.45, 2.75) is 13.8 Å². The van der Waals surface area contributed by atoms with Crippen LogP contribution in [0.1, 0.15) is 29.1 Å². The Labute approximate surface area is 126 Å². The summed E-state index contributed by atoms with van der Waals surface area (Å²) in [5, 5.41) is 15.3. The lowest BCUT2D eigenvalue weighted by Crippen LogP contribution is -2.38. The quantitative estimate of drug-likeness (QED) is 0.662. The molecule has 1 aromatic rings. The maximum atomic E-state index is 11.8. The molecule has 21 heavy (non-hydrogen) atoms. The Morgan fingerprint density at radius 3 is 2.67 bits per heavy atom. The summed E-state index contributed by atoms with van der Waals surface area (Å²) in [7, 11) is 0. The number of carbonyl (C=O) groups is 3. The molecular weight excluding hydrogens is 292 g/mol. The first-order valence-corrected chi connectivity index (χ1v) is 7.31. The van der Waals surface area contributed by atoms with Gasteiger partial charge >= 0.3 is 5.97 Å². The molecule has 0 atom stereocenters. The van der Waals surface area contributed by atoms with Crippen LogP contribution in [0.3, 0.4) is 0 Å². The van der Waals surface area contributed by atoms with E-state index >= 15 is 0 Å². The van der Waals surface area contributed by atoms with E-state index in [9.17, 15) is 14.4 Å². The zero-order valence-corrected chi connectivity index (χ0v) is 12.7. The van der Waals surface area contributed by atoms with Gasteiger partial charge in [-0.2, -0.15) is 0 Å². The summed E-state index contributed by atoms with van der Waals surface area (Å²) in [4.78, 5) is 34.3. The number of aliphatic carboxylic acids is 1. The van der Waals surface area contributed by atoms with E-state index < -0.39 is 5.97 Å². The lowest BCUT2D eigenvalue weighted by Gasteiger charge is -2.08. The second kappa shape index (κ2) is 8.21. The lowest BCUT2D eigenvalue weighted by molar-refractivity contribution is -0.131. The Morgan fingerprint density at radius 2 is 2.05 bits per heavy atom. The molecule has 0 aliphatic rings. The van der Waals surface area contributed by atoms with Gasteiger partial charge < -0.3 is 15.7 Å². The molecule has 0 saturated heterocycles. The Kier molecular flexibility index (Phi) is 6.61. The van der Waals surface area contributed by atoms with Gasteiger partial charge in [0.2, 0.25) is 5.91 Å². The second-order valence-corrected chi connectivity index (χ2v) is 5.73. The first-order valence-electron chi connectivity index (χ1n) is 6.43. The van der Waals surface area contributed by atoms with Crippen LogP contribution in [0, 0.1) is 5.92 Å². The van der Waals surface area contributed by atoms with E-state index in [-0.39, 0.29) is 18.4 Å². The van der Waals surface area contributed by atoms with Crippen LogP contribution in [-0.4, -0.2) is 36.0 Å². The molecule has 114 valence electrons. The molecule has 0 radical (unpaired) electrons.